The number of hydrogen-bond donors (Lipinski definition) is 2. The Kier molecular flexibility index (Phi) is 7.69. The van der Waals surface area contributed by atoms with Crippen LogP contribution in [-0.4, -0.2) is 33.3 Å². The van der Waals surface area contributed by atoms with Crippen molar-refractivity contribution in [1.82, 2.24) is 25.4 Å². The van der Waals surface area contributed by atoms with E-state index in [-0.39, 0.29) is 24.0 Å². The Morgan fingerprint density at radius 1 is 1.17 bits per heavy atom. The van der Waals surface area contributed by atoms with Crippen molar-refractivity contribution in [2.24, 2.45) is 4.99 Å². The first kappa shape index (κ1) is 22.5. The van der Waals surface area contributed by atoms with Crippen LogP contribution in [0.4, 0.5) is 0 Å². The molecule has 2 heterocycles. The van der Waals surface area contributed by atoms with Gasteiger partial charge >= 0.3 is 0 Å². The van der Waals surface area contributed by atoms with Crippen LogP contribution in [0.15, 0.2) is 47.5 Å². The molecular weight excluding hydrogens is 487 g/mol. The van der Waals surface area contributed by atoms with E-state index in [2.05, 4.69) is 88.6 Å². The first-order chi connectivity index (χ1) is 14.2. The molecule has 2 aromatic carbocycles. The molecule has 0 saturated heterocycles. The molecule has 0 bridgehead atoms. The second-order valence-corrected chi connectivity index (χ2v) is 7.95. The number of aliphatic imine (C=N–C) groups is 1. The van der Waals surface area contributed by atoms with Gasteiger partial charge in [-0.2, -0.15) is 0 Å². The van der Waals surface area contributed by atoms with E-state index in [0.717, 1.165) is 43.5 Å². The number of nitrogens with zero attached hydrogens (tertiary/aromatic N) is 4. The maximum absolute atomic E-state index is 4.88. The lowest BCUT2D eigenvalue weighted by atomic mass is 10.0. The van der Waals surface area contributed by atoms with E-state index >= 15 is 0 Å². The summed E-state index contributed by atoms with van der Waals surface area (Å²) < 4.78 is 2.28. The molecule has 3 aromatic rings. The Hall–Kier alpha value is -2.16. The van der Waals surface area contributed by atoms with E-state index in [1.165, 1.54) is 16.3 Å². The molecule has 0 spiro atoms. The maximum atomic E-state index is 4.88. The quantitative estimate of drug-likeness (QED) is 0.301. The molecule has 4 rings (SSSR count). The number of benzene rings is 2. The fraction of sp³-hybridized carbons (Fsp3) is 0.435. The van der Waals surface area contributed by atoms with Gasteiger partial charge < -0.3 is 15.2 Å². The van der Waals surface area contributed by atoms with Gasteiger partial charge in [0, 0.05) is 31.5 Å². The van der Waals surface area contributed by atoms with Crippen LogP contribution in [0.1, 0.15) is 50.3 Å². The monoisotopic (exact) mass is 518 g/mol. The number of guanidine groups is 1. The van der Waals surface area contributed by atoms with Crippen LogP contribution in [0, 0.1) is 0 Å². The Morgan fingerprint density at radius 2 is 1.97 bits per heavy atom. The number of hydrogen-bond acceptors (Lipinski definition) is 3. The smallest absolute Gasteiger partial charge is 0.191 e. The molecule has 0 radical (unpaired) electrons. The average Bonchev–Trinajstić information content (AvgIpc) is 3.16. The molecule has 1 unspecified atom stereocenters. The Bertz CT molecular complexity index is 1000. The van der Waals surface area contributed by atoms with Crippen molar-refractivity contribution in [3.8, 4) is 0 Å². The molecule has 7 heteroatoms. The third kappa shape index (κ3) is 4.94. The lowest BCUT2D eigenvalue weighted by molar-refractivity contribution is 0.408. The van der Waals surface area contributed by atoms with Gasteiger partial charge in [0.05, 0.1) is 6.54 Å². The molecule has 1 aromatic heterocycles. The molecular formula is C23H31IN6. The molecule has 0 aliphatic carbocycles. The summed E-state index contributed by atoms with van der Waals surface area (Å²) in [4.78, 5) is 4.88. The standard InChI is InChI=1S/C23H30N6.HI/c1-4-24-23(25-14-18-10-7-9-17-8-5-6-11-20(17)18)26-19-12-13-21-27-28-22(16(2)3)29(21)15-19;/h5-11,16,19H,4,12-15H2,1-3H3,(H2,24,25,26);1H. The molecule has 1 aliphatic rings. The van der Waals surface area contributed by atoms with E-state index in [1.807, 2.05) is 0 Å². The zero-order chi connectivity index (χ0) is 20.2. The molecule has 2 N–H and O–H groups in total. The lowest BCUT2D eigenvalue weighted by Gasteiger charge is -2.27. The number of aryl methyl sites for hydroxylation is 1. The van der Waals surface area contributed by atoms with Crippen LogP contribution < -0.4 is 10.6 Å². The van der Waals surface area contributed by atoms with Gasteiger partial charge in [-0.15, -0.1) is 34.2 Å². The van der Waals surface area contributed by atoms with Gasteiger partial charge in [0.25, 0.3) is 0 Å². The van der Waals surface area contributed by atoms with Crippen LogP contribution in [-0.2, 0) is 19.5 Å². The van der Waals surface area contributed by atoms with Crippen LogP contribution >= 0.6 is 24.0 Å². The number of aromatic nitrogens is 3. The highest BCUT2D eigenvalue weighted by Gasteiger charge is 2.24. The van der Waals surface area contributed by atoms with E-state index < -0.39 is 0 Å². The van der Waals surface area contributed by atoms with Crippen molar-refractivity contribution in [2.45, 2.75) is 58.7 Å². The molecule has 0 saturated carbocycles. The minimum Gasteiger partial charge on any atom is -0.357 e. The molecule has 30 heavy (non-hydrogen) atoms. The molecule has 160 valence electrons. The second-order valence-electron chi connectivity index (χ2n) is 7.95. The van der Waals surface area contributed by atoms with Gasteiger partial charge in [0.1, 0.15) is 11.6 Å². The van der Waals surface area contributed by atoms with Crippen molar-refractivity contribution >= 4 is 40.7 Å². The highest BCUT2D eigenvalue weighted by molar-refractivity contribution is 14.0. The van der Waals surface area contributed by atoms with Crippen LogP contribution in [0.3, 0.4) is 0 Å². The first-order valence-corrected chi connectivity index (χ1v) is 10.6. The maximum Gasteiger partial charge on any atom is 0.191 e. The topological polar surface area (TPSA) is 67.1 Å². The van der Waals surface area contributed by atoms with Crippen LogP contribution in [0.25, 0.3) is 10.8 Å². The van der Waals surface area contributed by atoms with Gasteiger partial charge in [0.15, 0.2) is 5.96 Å². The summed E-state index contributed by atoms with van der Waals surface area (Å²) in [7, 11) is 0. The normalized spacial score (nSPS) is 16.3. The number of nitrogens with one attached hydrogen (secondary N) is 2. The molecule has 0 amide bonds. The SMILES string of the molecule is CCNC(=NCc1cccc2ccccc12)NC1CCc2nnc(C(C)C)n2C1.I. The number of rotatable bonds is 5. The van der Waals surface area contributed by atoms with Gasteiger partial charge in [-0.1, -0.05) is 56.3 Å². The zero-order valence-corrected chi connectivity index (χ0v) is 20.3. The molecule has 0 fully saturated rings. The summed E-state index contributed by atoms with van der Waals surface area (Å²) in [6.45, 7) is 8.81. The Labute approximate surface area is 195 Å². The Morgan fingerprint density at radius 3 is 2.77 bits per heavy atom. The average molecular weight is 518 g/mol. The van der Waals surface area contributed by atoms with Gasteiger partial charge in [-0.3, -0.25) is 0 Å². The van der Waals surface area contributed by atoms with Crippen molar-refractivity contribution < 1.29 is 0 Å². The molecule has 1 aliphatic heterocycles. The van der Waals surface area contributed by atoms with Crippen molar-refractivity contribution in [3.63, 3.8) is 0 Å². The minimum absolute atomic E-state index is 0. The van der Waals surface area contributed by atoms with E-state index in [0.29, 0.717) is 18.5 Å². The largest absolute Gasteiger partial charge is 0.357 e. The lowest BCUT2D eigenvalue weighted by Crippen LogP contribution is -2.47. The van der Waals surface area contributed by atoms with Crippen molar-refractivity contribution in [2.75, 3.05) is 6.54 Å². The number of fused-ring (bicyclic) bond motifs is 2. The summed E-state index contributed by atoms with van der Waals surface area (Å²) in [5.74, 6) is 3.42. The predicted molar refractivity (Wildman–Crippen MR) is 134 cm³/mol. The fourth-order valence-electron chi connectivity index (χ4n) is 4.00. The first-order valence-electron chi connectivity index (χ1n) is 10.6. The highest BCUT2D eigenvalue weighted by Crippen LogP contribution is 2.21. The van der Waals surface area contributed by atoms with Crippen molar-refractivity contribution in [3.05, 3.63) is 59.7 Å². The summed E-state index contributed by atoms with van der Waals surface area (Å²) >= 11 is 0. The van der Waals surface area contributed by atoms with E-state index in [4.69, 9.17) is 4.99 Å². The fourth-order valence-corrected chi connectivity index (χ4v) is 4.00. The summed E-state index contributed by atoms with van der Waals surface area (Å²) in [6.07, 6.45) is 1.98. The van der Waals surface area contributed by atoms with Gasteiger partial charge in [-0.25, -0.2) is 4.99 Å². The van der Waals surface area contributed by atoms with Gasteiger partial charge in [0.2, 0.25) is 0 Å². The number of halogens is 1. The zero-order valence-electron chi connectivity index (χ0n) is 17.9. The molecule has 6 nitrogen and oxygen atoms in total. The molecule has 1 atom stereocenters. The van der Waals surface area contributed by atoms with Crippen LogP contribution in [0.5, 0.6) is 0 Å². The van der Waals surface area contributed by atoms with E-state index in [9.17, 15) is 0 Å². The second kappa shape index (κ2) is 10.2. The van der Waals surface area contributed by atoms with E-state index in [1.54, 1.807) is 0 Å². The summed E-state index contributed by atoms with van der Waals surface area (Å²) in [5.41, 5.74) is 1.24. The predicted octanol–water partition coefficient (Wildman–Crippen LogP) is 4.24. The van der Waals surface area contributed by atoms with Crippen molar-refractivity contribution in [1.29, 1.82) is 0 Å². The third-order valence-electron chi connectivity index (χ3n) is 5.46. The highest BCUT2D eigenvalue weighted by atomic mass is 127. The summed E-state index contributed by atoms with van der Waals surface area (Å²) in [5, 5.41) is 18.3. The minimum atomic E-state index is 0. The van der Waals surface area contributed by atoms with Gasteiger partial charge in [-0.05, 0) is 29.7 Å². The summed E-state index contributed by atoms with van der Waals surface area (Å²) in [6, 6.07) is 15.2. The third-order valence-corrected chi connectivity index (χ3v) is 5.46. The van der Waals surface area contributed by atoms with Crippen LogP contribution in [0.2, 0.25) is 0 Å². The Balaban J connectivity index is 0.00000256.